The van der Waals surface area contributed by atoms with Crippen LogP contribution in [-0.4, -0.2) is 31.1 Å². The Balaban J connectivity index is 1.41. The van der Waals surface area contributed by atoms with Gasteiger partial charge in [0.25, 0.3) is 0 Å². The Bertz CT molecular complexity index is 711. The van der Waals surface area contributed by atoms with Crippen molar-refractivity contribution in [1.82, 2.24) is 0 Å². The molecular formula is C19H18O5. The molecule has 1 aliphatic rings. The van der Waals surface area contributed by atoms with Gasteiger partial charge in [-0.3, -0.25) is 9.59 Å². The molecule has 2 aromatic carbocycles. The van der Waals surface area contributed by atoms with Crippen LogP contribution in [0.2, 0.25) is 0 Å². The summed E-state index contributed by atoms with van der Waals surface area (Å²) in [5.74, 6) is 0.845. The Morgan fingerprint density at radius 2 is 1.67 bits per heavy atom. The van der Waals surface area contributed by atoms with E-state index in [9.17, 15) is 9.59 Å². The van der Waals surface area contributed by atoms with Crippen LogP contribution in [0.4, 0.5) is 0 Å². The lowest BCUT2D eigenvalue weighted by Gasteiger charge is -2.26. The average Bonchev–Trinajstić information content (AvgIpc) is 2.65. The van der Waals surface area contributed by atoms with E-state index in [1.165, 1.54) is 0 Å². The molecule has 0 amide bonds. The first kappa shape index (κ1) is 16.1. The van der Waals surface area contributed by atoms with Crippen LogP contribution < -0.4 is 9.47 Å². The second-order valence-electron chi connectivity index (χ2n) is 5.47. The molecule has 0 bridgehead atoms. The molecule has 0 saturated carbocycles. The normalized spacial score (nSPS) is 15.6. The molecule has 5 nitrogen and oxygen atoms in total. The fourth-order valence-electron chi connectivity index (χ4n) is 2.39. The van der Waals surface area contributed by atoms with Crippen molar-refractivity contribution in [3.63, 3.8) is 0 Å². The van der Waals surface area contributed by atoms with Gasteiger partial charge in [0.05, 0.1) is 6.42 Å². The quantitative estimate of drug-likeness (QED) is 0.603. The number of carbonyl (C=O) groups excluding carboxylic acids is 2. The van der Waals surface area contributed by atoms with E-state index in [4.69, 9.17) is 14.2 Å². The molecule has 5 heteroatoms. The maximum Gasteiger partial charge on any atom is 0.306 e. The monoisotopic (exact) mass is 326 g/mol. The molecule has 1 atom stereocenters. The molecule has 0 saturated heterocycles. The van der Waals surface area contributed by atoms with Crippen LogP contribution in [0.5, 0.6) is 11.5 Å². The number of Topliss-reactive ketones (excluding diaryl/α,β-unsaturated/α-hetero) is 1. The molecule has 1 heterocycles. The summed E-state index contributed by atoms with van der Waals surface area (Å²) >= 11 is 0. The molecule has 3 rings (SSSR count). The average molecular weight is 326 g/mol. The summed E-state index contributed by atoms with van der Waals surface area (Å²) in [6.45, 7) is 0.430. The van der Waals surface area contributed by atoms with Gasteiger partial charge in [-0.05, 0) is 12.1 Å². The molecule has 0 spiro atoms. The van der Waals surface area contributed by atoms with Crippen molar-refractivity contribution >= 4 is 11.8 Å². The summed E-state index contributed by atoms with van der Waals surface area (Å²) in [6.07, 6.45) is -0.153. The zero-order chi connectivity index (χ0) is 16.8. The van der Waals surface area contributed by atoms with Gasteiger partial charge in [0.2, 0.25) is 0 Å². The van der Waals surface area contributed by atoms with Crippen molar-refractivity contribution in [2.24, 2.45) is 0 Å². The number of hydrogen-bond acceptors (Lipinski definition) is 5. The van der Waals surface area contributed by atoms with Gasteiger partial charge in [0.15, 0.2) is 23.4 Å². The first-order chi connectivity index (χ1) is 11.7. The fraction of sp³-hybridized carbons (Fsp3) is 0.263. The van der Waals surface area contributed by atoms with E-state index in [1.807, 2.05) is 30.3 Å². The minimum Gasteiger partial charge on any atom is -0.486 e. The van der Waals surface area contributed by atoms with Crippen LogP contribution in [0, 0.1) is 0 Å². The lowest BCUT2D eigenvalue weighted by Crippen LogP contribution is -2.34. The van der Waals surface area contributed by atoms with Gasteiger partial charge in [-0.25, -0.2) is 0 Å². The lowest BCUT2D eigenvalue weighted by molar-refractivity contribution is -0.146. The minimum atomic E-state index is -0.415. The Hall–Kier alpha value is -2.82. The number of carbonyl (C=O) groups is 2. The van der Waals surface area contributed by atoms with Crippen molar-refractivity contribution in [1.29, 1.82) is 0 Å². The molecule has 0 aromatic heterocycles. The smallest absolute Gasteiger partial charge is 0.306 e. The highest BCUT2D eigenvalue weighted by Crippen LogP contribution is 2.30. The van der Waals surface area contributed by atoms with E-state index in [2.05, 4.69) is 0 Å². The van der Waals surface area contributed by atoms with Crippen LogP contribution in [0.3, 0.4) is 0 Å². The SMILES string of the molecule is O=C(CCC(=O)c1ccccc1)OCC1COc2ccccc2O1. The second-order valence-corrected chi connectivity index (χ2v) is 5.47. The molecule has 0 fully saturated rings. The minimum absolute atomic E-state index is 0.0535. The summed E-state index contributed by atoms with van der Waals surface area (Å²) in [6, 6.07) is 16.3. The van der Waals surface area contributed by atoms with Crippen LogP contribution in [-0.2, 0) is 9.53 Å². The molecular weight excluding hydrogens is 308 g/mol. The van der Waals surface area contributed by atoms with E-state index >= 15 is 0 Å². The highest BCUT2D eigenvalue weighted by atomic mass is 16.6. The maximum atomic E-state index is 11.9. The predicted octanol–water partition coefficient (Wildman–Crippen LogP) is 3.03. The third kappa shape index (κ3) is 4.13. The lowest BCUT2D eigenvalue weighted by atomic mass is 10.1. The third-order valence-corrected chi connectivity index (χ3v) is 3.65. The molecule has 0 radical (unpaired) electrons. The first-order valence-electron chi connectivity index (χ1n) is 7.85. The molecule has 0 aliphatic carbocycles. The molecule has 0 N–H and O–H groups in total. The van der Waals surface area contributed by atoms with Gasteiger partial charge in [-0.1, -0.05) is 42.5 Å². The summed E-state index contributed by atoms with van der Waals surface area (Å²) in [5.41, 5.74) is 0.603. The van der Waals surface area contributed by atoms with Crippen LogP contribution in [0.1, 0.15) is 23.2 Å². The Labute approximate surface area is 140 Å². The van der Waals surface area contributed by atoms with Crippen molar-refractivity contribution in [2.75, 3.05) is 13.2 Å². The number of hydrogen-bond donors (Lipinski definition) is 0. The van der Waals surface area contributed by atoms with Crippen LogP contribution in [0.15, 0.2) is 54.6 Å². The van der Waals surface area contributed by atoms with E-state index < -0.39 is 5.97 Å². The molecule has 1 unspecified atom stereocenters. The van der Waals surface area contributed by atoms with Crippen molar-refractivity contribution < 1.29 is 23.8 Å². The number of benzene rings is 2. The first-order valence-corrected chi connectivity index (χ1v) is 7.85. The third-order valence-electron chi connectivity index (χ3n) is 3.65. The van der Waals surface area contributed by atoms with Crippen molar-refractivity contribution in [3.8, 4) is 11.5 Å². The van der Waals surface area contributed by atoms with E-state index in [0.29, 0.717) is 23.7 Å². The van der Waals surface area contributed by atoms with Gasteiger partial charge in [-0.15, -0.1) is 0 Å². The molecule has 24 heavy (non-hydrogen) atoms. The number of esters is 1. The van der Waals surface area contributed by atoms with Gasteiger partial charge in [-0.2, -0.15) is 0 Å². The number of ether oxygens (including phenoxy) is 3. The molecule has 1 aliphatic heterocycles. The second kappa shape index (κ2) is 7.64. The summed E-state index contributed by atoms with van der Waals surface area (Å²) < 4.78 is 16.4. The van der Waals surface area contributed by atoms with E-state index in [-0.39, 0.29) is 31.3 Å². The molecule has 124 valence electrons. The van der Waals surface area contributed by atoms with Gasteiger partial charge in [0, 0.05) is 12.0 Å². The van der Waals surface area contributed by atoms with Gasteiger partial charge in [0.1, 0.15) is 13.2 Å². The Morgan fingerprint density at radius 1 is 0.958 bits per heavy atom. The summed E-state index contributed by atoms with van der Waals surface area (Å²) in [7, 11) is 0. The van der Waals surface area contributed by atoms with Crippen molar-refractivity contribution in [2.45, 2.75) is 18.9 Å². The van der Waals surface area contributed by atoms with E-state index in [1.54, 1.807) is 24.3 Å². The standard InChI is InChI=1S/C19H18O5/c20-16(14-6-2-1-3-7-14)10-11-19(21)23-13-15-12-22-17-8-4-5-9-18(17)24-15/h1-9,15H,10-13H2. The zero-order valence-electron chi connectivity index (χ0n) is 13.1. The highest BCUT2D eigenvalue weighted by molar-refractivity contribution is 5.97. The maximum absolute atomic E-state index is 11.9. The number of ketones is 1. The summed E-state index contributed by atoms with van der Waals surface area (Å²) in [4.78, 5) is 23.7. The van der Waals surface area contributed by atoms with Gasteiger partial charge >= 0.3 is 5.97 Å². The summed E-state index contributed by atoms with van der Waals surface area (Å²) in [5, 5.41) is 0. The van der Waals surface area contributed by atoms with Crippen LogP contribution >= 0.6 is 0 Å². The highest BCUT2D eigenvalue weighted by Gasteiger charge is 2.22. The van der Waals surface area contributed by atoms with E-state index in [0.717, 1.165) is 0 Å². The van der Waals surface area contributed by atoms with Gasteiger partial charge < -0.3 is 14.2 Å². The molecule has 2 aromatic rings. The van der Waals surface area contributed by atoms with Crippen LogP contribution in [0.25, 0.3) is 0 Å². The zero-order valence-corrected chi connectivity index (χ0v) is 13.1. The number of rotatable bonds is 6. The largest absolute Gasteiger partial charge is 0.486 e. The Morgan fingerprint density at radius 3 is 2.46 bits per heavy atom. The predicted molar refractivity (Wildman–Crippen MR) is 87.3 cm³/mol. The topological polar surface area (TPSA) is 61.8 Å². The number of fused-ring (bicyclic) bond motifs is 1. The number of para-hydroxylation sites is 2. The Kier molecular flexibility index (Phi) is 5.11. The van der Waals surface area contributed by atoms with Crippen molar-refractivity contribution in [3.05, 3.63) is 60.2 Å². The fourth-order valence-corrected chi connectivity index (χ4v) is 2.39.